The normalized spacial score (nSPS) is 11.9. The van der Waals surface area contributed by atoms with E-state index in [-0.39, 0.29) is 5.91 Å². The number of nitrogens with one attached hydrogen (secondary N) is 1. The monoisotopic (exact) mass is 488 g/mol. The van der Waals surface area contributed by atoms with Crippen LogP contribution in [0.3, 0.4) is 0 Å². The van der Waals surface area contributed by atoms with Crippen molar-refractivity contribution < 1.29 is 9.53 Å². The smallest absolute Gasteiger partial charge is 0.244 e. The maximum Gasteiger partial charge on any atom is 0.244 e. The number of tetrazole rings is 1. The molecule has 170 valence electrons. The minimum absolute atomic E-state index is 0.206. The highest BCUT2D eigenvalue weighted by Gasteiger charge is 2.26. The van der Waals surface area contributed by atoms with Gasteiger partial charge in [-0.3, -0.25) is 4.79 Å². The van der Waals surface area contributed by atoms with Gasteiger partial charge >= 0.3 is 0 Å². The van der Waals surface area contributed by atoms with Gasteiger partial charge in [-0.15, -0.1) is 5.10 Å². The molecule has 5 rings (SSSR count). The van der Waals surface area contributed by atoms with E-state index in [1.54, 1.807) is 4.68 Å². The molecule has 8 nitrogen and oxygen atoms in total. The van der Waals surface area contributed by atoms with Gasteiger partial charge in [0.15, 0.2) is 5.13 Å². The fourth-order valence-corrected chi connectivity index (χ4v) is 5.27. The number of thiazole rings is 1. The molecule has 10 heteroatoms. The van der Waals surface area contributed by atoms with Gasteiger partial charge in [-0.1, -0.05) is 71.6 Å². The standard InChI is InChI=1S/C24H20N6O2S2/c1-2-32-18-13-14-19-20(15-18)33-23(25-19)26-22(31)21(16-9-5-3-6-10-16)34-24-27-28-29-30(24)17-11-7-4-8-12-17/h3-15,21H,2H2,1H3,(H,25,26,31)/t21-/m0/s1. The Labute approximate surface area is 204 Å². The van der Waals surface area contributed by atoms with Crippen LogP contribution in [0.25, 0.3) is 15.9 Å². The topological polar surface area (TPSA) is 94.8 Å². The number of hydrogen-bond acceptors (Lipinski definition) is 8. The van der Waals surface area contributed by atoms with Gasteiger partial charge in [-0.25, -0.2) is 4.98 Å². The van der Waals surface area contributed by atoms with Crippen LogP contribution in [0.1, 0.15) is 17.7 Å². The molecule has 0 aliphatic heterocycles. The van der Waals surface area contributed by atoms with Gasteiger partial charge in [-0.05, 0) is 53.2 Å². The van der Waals surface area contributed by atoms with E-state index in [2.05, 4.69) is 25.8 Å². The van der Waals surface area contributed by atoms with Crippen LogP contribution in [0, 0.1) is 0 Å². The van der Waals surface area contributed by atoms with E-state index >= 15 is 0 Å². The molecule has 2 aromatic heterocycles. The molecule has 34 heavy (non-hydrogen) atoms. The van der Waals surface area contributed by atoms with E-state index < -0.39 is 5.25 Å². The van der Waals surface area contributed by atoms with Crippen LogP contribution in [0.15, 0.2) is 84.0 Å². The minimum atomic E-state index is -0.583. The quantitative estimate of drug-likeness (QED) is 0.302. The summed E-state index contributed by atoms with van der Waals surface area (Å²) in [6, 6.07) is 24.8. The third-order valence-corrected chi connectivity index (χ3v) is 7.03. The highest BCUT2D eigenvalue weighted by Crippen LogP contribution is 2.37. The summed E-state index contributed by atoms with van der Waals surface area (Å²) in [5.41, 5.74) is 2.46. The maximum atomic E-state index is 13.5. The Morgan fingerprint density at radius 1 is 1.09 bits per heavy atom. The predicted octanol–water partition coefficient (Wildman–Crippen LogP) is 5.14. The fourth-order valence-electron chi connectivity index (χ4n) is 3.38. The number of benzene rings is 3. The van der Waals surface area contributed by atoms with Crippen molar-refractivity contribution in [3.63, 3.8) is 0 Å². The molecule has 1 amide bonds. The van der Waals surface area contributed by atoms with Crippen LogP contribution in [-0.4, -0.2) is 37.7 Å². The number of hydrogen-bond donors (Lipinski definition) is 1. The molecule has 0 unspecified atom stereocenters. The zero-order valence-electron chi connectivity index (χ0n) is 18.2. The average molecular weight is 489 g/mol. The number of para-hydroxylation sites is 1. The molecule has 0 spiro atoms. The van der Waals surface area contributed by atoms with Crippen molar-refractivity contribution >= 4 is 44.4 Å². The number of nitrogens with zero attached hydrogens (tertiary/aromatic N) is 5. The molecule has 1 atom stereocenters. The van der Waals surface area contributed by atoms with Crippen molar-refractivity contribution in [1.29, 1.82) is 0 Å². The number of carbonyl (C=O) groups is 1. The first kappa shape index (κ1) is 22.1. The second-order valence-electron chi connectivity index (χ2n) is 7.19. The summed E-state index contributed by atoms with van der Waals surface area (Å²) in [6.45, 7) is 2.53. The lowest BCUT2D eigenvalue weighted by Gasteiger charge is -2.15. The molecule has 5 aromatic rings. The molecule has 0 aliphatic carbocycles. The van der Waals surface area contributed by atoms with Crippen molar-refractivity contribution in [2.45, 2.75) is 17.3 Å². The number of carbonyl (C=O) groups excluding carboxylic acids is 1. The molecule has 0 radical (unpaired) electrons. The summed E-state index contributed by atoms with van der Waals surface area (Å²) in [5, 5.41) is 15.5. The lowest BCUT2D eigenvalue weighted by atomic mass is 10.1. The molecule has 0 saturated carbocycles. The zero-order valence-corrected chi connectivity index (χ0v) is 19.8. The summed E-state index contributed by atoms with van der Waals surface area (Å²) in [4.78, 5) is 18.0. The molecular weight excluding hydrogens is 468 g/mol. The number of thioether (sulfide) groups is 1. The highest BCUT2D eigenvalue weighted by atomic mass is 32.2. The number of anilines is 1. The van der Waals surface area contributed by atoms with Crippen molar-refractivity contribution in [2.75, 3.05) is 11.9 Å². The first-order chi connectivity index (χ1) is 16.7. The fraction of sp³-hybridized carbons (Fsp3) is 0.125. The van der Waals surface area contributed by atoms with Crippen molar-refractivity contribution in [3.8, 4) is 11.4 Å². The molecule has 0 aliphatic rings. The third-order valence-electron chi connectivity index (χ3n) is 4.91. The third kappa shape index (κ3) is 4.78. The van der Waals surface area contributed by atoms with Gasteiger partial charge in [-0.2, -0.15) is 4.68 Å². The van der Waals surface area contributed by atoms with E-state index in [9.17, 15) is 4.79 Å². The molecule has 0 fully saturated rings. The van der Waals surface area contributed by atoms with Crippen LogP contribution in [-0.2, 0) is 4.79 Å². The van der Waals surface area contributed by atoms with Gasteiger partial charge in [0.05, 0.1) is 22.5 Å². The van der Waals surface area contributed by atoms with E-state index in [1.807, 2.05) is 85.8 Å². The molecule has 3 aromatic carbocycles. The second kappa shape index (κ2) is 10.0. The minimum Gasteiger partial charge on any atom is -0.494 e. The van der Waals surface area contributed by atoms with Gasteiger partial charge in [0.2, 0.25) is 11.1 Å². The number of ether oxygens (including phenoxy) is 1. The van der Waals surface area contributed by atoms with Gasteiger partial charge in [0.1, 0.15) is 11.0 Å². The summed E-state index contributed by atoms with van der Waals surface area (Å²) < 4.78 is 8.14. The highest BCUT2D eigenvalue weighted by molar-refractivity contribution is 8.00. The molecule has 0 bridgehead atoms. The van der Waals surface area contributed by atoms with Crippen LogP contribution < -0.4 is 10.1 Å². The van der Waals surface area contributed by atoms with Gasteiger partial charge in [0.25, 0.3) is 0 Å². The lowest BCUT2D eigenvalue weighted by Crippen LogP contribution is -2.19. The van der Waals surface area contributed by atoms with E-state index in [0.717, 1.165) is 27.2 Å². The Balaban J connectivity index is 1.43. The number of rotatable bonds is 8. The summed E-state index contributed by atoms with van der Waals surface area (Å²) >= 11 is 2.69. The Hall–Kier alpha value is -3.76. The lowest BCUT2D eigenvalue weighted by molar-refractivity contribution is -0.115. The Morgan fingerprint density at radius 3 is 2.62 bits per heavy atom. The number of aromatic nitrogens is 5. The van der Waals surface area contributed by atoms with Crippen LogP contribution in [0.4, 0.5) is 5.13 Å². The van der Waals surface area contributed by atoms with E-state index in [4.69, 9.17) is 4.74 Å². The van der Waals surface area contributed by atoms with Gasteiger partial charge in [0, 0.05) is 0 Å². The van der Waals surface area contributed by atoms with Crippen LogP contribution in [0.2, 0.25) is 0 Å². The summed E-state index contributed by atoms with van der Waals surface area (Å²) in [6.07, 6.45) is 0. The van der Waals surface area contributed by atoms with E-state index in [1.165, 1.54) is 23.1 Å². The summed E-state index contributed by atoms with van der Waals surface area (Å²) in [7, 11) is 0. The second-order valence-corrected chi connectivity index (χ2v) is 9.29. The van der Waals surface area contributed by atoms with Crippen LogP contribution >= 0.6 is 23.1 Å². The largest absolute Gasteiger partial charge is 0.494 e. The SMILES string of the molecule is CCOc1ccc2nc(NC(=O)[C@@H](Sc3nnnn3-c3ccccc3)c3ccccc3)sc2c1. The molecule has 0 saturated heterocycles. The number of fused-ring (bicyclic) bond motifs is 1. The predicted molar refractivity (Wildman–Crippen MR) is 134 cm³/mol. The van der Waals surface area contributed by atoms with Gasteiger partial charge < -0.3 is 10.1 Å². The average Bonchev–Trinajstić information content (AvgIpc) is 3.50. The number of amides is 1. The van der Waals surface area contributed by atoms with Crippen molar-refractivity contribution in [3.05, 3.63) is 84.4 Å². The zero-order chi connectivity index (χ0) is 23.3. The van der Waals surface area contributed by atoms with Crippen molar-refractivity contribution in [2.24, 2.45) is 0 Å². The first-order valence-corrected chi connectivity index (χ1v) is 12.3. The van der Waals surface area contributed by atoms with E-state index in [0.29, 0.717) is 16.9 Å². The Kier molecular flexibility index (Phi) is 6.50. The molecule has 2 heterocycles. The summed E-state index contributed by atoms with van der Waals surface area (Å²) in [5.74, 6) is 0.574. The molecular formula is C24H20N6O2S2. The molecule has 1 N–H and O–H groups in total. The van der Waals surface area contributed by atoms with Crippen LogP contribution in [0.5, 0.6) is 5.75 Å². The first-order valence-electron chi connectivity index (χ1n) is 10.6. The Morgan fingerprint density at radius 2 is 1.85 bits per heavy atom. The maximum absolute atomic E-state index is 13.5. The van der Waals surface area contributed by atoms with Crippen molar-refractivity contribution in [1.82, 2.24) is 25.2 Å². The Bertz CT molecular complexity index is 1410.